The highest BCUT2D eigenvalue weighted by Gasteiger charge is 2.31. The highest BCUT2D eigenvalue weighted by atomic mass is 32.2. The molecule has 3 heterocycles. The van der Waals surface area contributed by atoms with Crippen molar-refractivity contribution < 1.29 is 8.42 Å². The largest absolute Gasteiger partial charge is 0.320 e. The van der Waals surface area contributed by atoms with Gasteiger partial charge in [0.25, 0.3) is 0 Å². The van der Waals surface area contributed by atoms with Gasteiger partial charge in [0.1, 0.15) is 18.5 Å². The smallest absolute Gasteiger partial charge is 0.243 e. The second-order valence-electron chi connectivity index (χ2n) is 6.23. The van der Waals surface area contributed by atoms with Gasteiger partial charge in [-0.1, -0.05) is 0 Å². The first-order chi connectivity index (χ1) is 12.6. The molecule has 1 aromatic carbocycles. The van der Waals surface area contributed by atoms with Crippen molar-refractivity contribution in [2.45, 2.75) is 23.7 Å². The molecule has 1 saturated heterocycles. The van der Waals surface area contributed by atoms with Crippen LogP contribution in [0.1, 0.15) is 24.6 Å². The molecule has 136 valence electrons. The Balaban J connectivity index is 1.48. The fourth-order valence-corrected chi connectivity index (χ4v) is 4.69. The minimum atomic E-state index is -3.52. The Morgan fingerprint density at radius 2 is 1.77 bits per heavy atom. The number of hydrogen-bond acceptors (Lipinski definition) is 7. The zero-order chi connectivity index (χ0) is 18.1. The summed E-state index contributed by atoms with van der Waals surface area (Å²) in [6.07, 6.45) is 4.59. The van der Waals surface area contributed by atoms with Gasteiger partial charge in [0.2, 0.25) is 10.0 Å². The molecule has 0 aliphatic carbocycles. The van der Waals surface area contributed by atoms with Gasteiger partial charge in [-0.05, 0) is 47.5 Å². The Morgan fingerprint density at radius 3 is 2.35 bits per heavy atom. The molecule has 0 bridgehead atoms. The van der Waals surface area contributed by atoms with Crippen molar-refractivity contribution in [2.75, 3.05) is 13.1 Å². The van der Waals surface area contributed by atoms with Crippen molar-refractivity contribution in [1.29, 1.82) is 0 Å². The van der Waals surface area contributed by atoms with E-state index < -0.39 is 10.0 Å². The average Bonchev–Trinajstić information content (AvgIpc) is 3.34. The molecule has 0 spiro atoms. The van der Waals surface area contributed by atoms with Gasteiger partial charge >= 0.3 is 0 Å². The molecule has 0 radical (unpaired) electrons. The molecule has 0 atom stereocenters. The van der Waals surface area contributed by atoms with Crippen LogP contribution >= 0.6 is 0 Å². The summed E-state index contributed by atoms with van der Waals surface area (Å²) in [6, 6.07) is 6.55. The molecule has 10 nitrogen and oxygen atoms in total. The molecular weight excluding hydrogens is 356 g/mol. The van der Waals surface area contributed by atoms with Crippen LogP contribution in [0.3, 0.4) is 0 Å². The molecule has 0 unspecified atom stereocenters. The zero-order valence-corrected chi connectivity index (χ0v) is 15.0. The van der Waals surface area contributed by atoms with E-state index in [1.165, 1.54) is 15.3 Å². The Bertz CT molecular complexity index is 973. The van der Waals surface area contributed by atoms with Crippen molar-refractivity contribution in [1.82, 2.24) is 39.3 Å². The summed E-state index contributed by atoms with van der Waals surface area (Å²) in [6.45, 7) is 0.934. The quantitative estimate of drug-likeness (QED) is 0.648. The molecule has 1 fully saturated rings. The third kappa shape index (κ3) is 2.99. The van der Waals surface area contributed by atoms with Crippen LogP contribution in [0, 0.1) is 0 Å². The highest BCUT2D eigenvalue weighted by molar-refractivity contribution is 7.89. The lowest BCUT2D eigenvalue weighted by atomic mass is 9.97. The molecule has 3 aromatic rings. The van der Waals surface area contributed by atoms with Crippen LogP contribution in [-0.2, 0) is 17.1 Å². The Hall–Kier alpha value is -2.66. The zero-order valence-electron chi connectivity index (χ0n) is 14.2. The standard InChI is InChI=1S/C15H18N8O2S/c1-21-10-16-18-15(21)12-6-8-22(9-7-12)26(24,25)14-4-2-13(3-5-14)23-11-17-19-20-23/h2-5,10-12H,6-9H2,1H3. The van der Waals surface area contributed by atoms with Crippen LogP contribution < -0.4 is 0 Å². The fraction of sp³-hybridized carbons (Fsp3) is 0.400. The van der Waals surface area contributed by atoms with Crippen molar-refractivity contribution in [3.05, 3.63) is 42.7 Å². The Labute approximate surface area is 150 Å². The lowest BCUT2D eigenvalue weighted by Gasteiger charge is -2.30. The van der Waals surface area contributed by atoms with Crippen LogP contribution in [0.4, 0.5) is 0 Å². The maximum atomic E-state index is 12.9. The number of aromatic nitrogens is 7. The number of aryl methyl sites for hydroxylation is 1. The molecule has 1 aliphatic heterocycles. The number of benzene rings is 1. The van der Waals surface area contributed by atoms with E-state index in [0.717, 1.165) is 18.7 Å². The lowest BCUT2D eigenvalue weighted by Crippen LogP contribution is -2.38. The van der Waals surface area contributed by atoms with Gasteiger partial charge in [-0.3, -0.25) is 0 Å². The van der Waals surface area contributed by atoms with E-state index >= 15 is 0 Å². The SMILES string of the molecule is Cn1cnnc1C1CCN(S(=O)(=O)c2ccc(-n3cnnn3)cc2)CC1. The second kappa shape index (κ2) is 6.57. The van der Waals surface area contributed by atoms with Gasteiger partial charge in [-0.2, -0.15) is 4.31 Å². The Kier molecular flexibility index (Phi) is 4.24. The molecule has 11 heteroatoms. The van der Waals surface area contributed by atoms with E-state index in [-0.39, 0.29) is 10.8 Å². The summed E-state index contributed by atoms with van der Waals surface area (Å²) in [5.41, 5.74) is 0.704. The first-order valence-corrected chi connectivity index (χ1v) is 9.67. The van der Waals surface area contributed by atoms with Crippen LogP contribution in [0.25, 0.3) is 5.69 Å². The van der Waals surface area contributed by atoms with Gasteiger partial charge in [0, 0.05) is 26.1 Å². The predicted molar refractivity (Wildman–Crippen MR) is 90.9 cm³/mol. The van der Waals surface area contributed by atoms with Gasteiger partial charge in [0.05, 0.1) is 10.6 Å². The predicted octanol–water partition coefficient (Wildman–Crippen LogP) is 0.359. The van der Waals surface area contributed by atoms with Crippen molar-refractivity contribution in [3.8, 4) is 5.69 Å². The monoisotopic (exact) mass is 374 g/mol. The first kappa shape index (κ1) is 16.8. The van der Waals surface area contributed by atoms with Crippen LogP contribution in [0.5, 0.6) is 0 Å². The number of rotatable bonds is 4. The summed E-state index contributed by atoms with van der Waals surface area (Å²) >= 11 is 0. The molecule has 0 amide bonds. The summed E-state index contributed by atoms with van der Waals surface area (Å²) in [5.74, 6) is 1.14. The summed E-state index contributed by atoms with van der Waals surface area (Å²) < 4.78 is 30.7. The van der Waals surface area contributed by atoms with E-state index in [0.29, 0.717) is 18.8 Å². The third-order valence-corrected chi connectivity index (χ3v) is 6.57. The van der Waals surface area contributed by atoms with Crippen LogP contribution in [-0.4, -0.2) is 60.8 Å². The molecule has 1 aliphatic rings. The van der Waals surface area contributed by atoms with Gasteiger partial charge < -0.3 is 4.57 Å². The van der Waals surface area contributed by atoms with Gasteiger partial charge in [0.15, 0.2) is 0 Å². The average molecular weight is 374 g/mol. The van der Waals surface area contributed by atoms with Crippen molar-refractivity contribution >= 4 is 10.0 Å². The topological polar surface area (TPSA) is 112 Å². The van der Waals surface area contributed by atoms with E-state index in [1.54, 1.807) is 30.6 Å². The summed E-state index contributed by atoms with van der Waals surface area (Å²) in [7, 11) is -1.61. The number of tetrazole rings is 1. The fourth-order valence-electron chi connectivity index (χ4n) is 3.22. The molecular formula is C15H18N8O2S. The normalized spacial score (nSPS) is 16.8. The molecule has 4 rings (SSSR count). The third-order valence-electron chi connectivity index (χ3n) is 4.65. The van der Waals surface area contributed by atoms with E-state index in [1.807, 2.05) is 11.6 Å². The van der Waals surface area contributed by atoms with E-state index in [9.17, 15) is 8.42 Å². The highest BCUT2D eigenvalue weighted by Crippen LogP contribution is 2.29. The molecule has 0 N–H and O–H groups in total. The maximum absolute atomic E-state index is 12.9. The number of sulfonamides is 1. The minimum Gasteiger partial charge on any atom is -0.320 e. The second-order valence-corrected chi connectivity index (χ2v) is 8.16. The van der Waals surface area contributed by atoms with E-state index in [4.69, 9.17) is 0 Å². The minimum absolute atomic E-state index is 0.233. The lowest BCUT2D eigenvalue weighted by molar-refractivity contribution is 0.310. The van der Waals surface area contributed by atoms with Crippen LogP contribution in [0.15, 0.2) is 41.8 Å². The summed E-state index contributed by atoms with van der Waals surface area (Å²) in [5, 5.41) is 19.0. The summed E-state index contributed by atoms with van der Waals surface area (Å²) in [4.78, 5) is 0.270. The number of nitrogens with zero attached hydrogens (tertiary/aromatic N) is 8. The molecule has 2 aromatic heterocycles. The van der Waals surface area contributed by atoms with Crippen molar-refractivity contribution in [3.63, 3.8) is 0 Å². The van der Waals surface area contributed by atoms with Crippen LogP contribution in [0.2, 0.25) is 0 Å². The molecule has 0 saturated carbocycles. The van der Waals surface area contributed by atoms with E-state index in [2.05, 4.69) is 25.7 Å². The maximum Gasteiger partial charge on any atom is 0.243 e. The van der Waals surface area contributed by atoms with Gasteiger partial charge in [-0.15, -0.1) is 15.3 Å². The Morgan fingerprint density at radius 1 is 1.04 bits per heavy atom. The number of hydrogen-bond donors (Lipinski definition) is 0. The number of piperidine rings is 1. The first-order valence-electron chi connectivity index (χ1n) is 8.23. The van der Waals surface area contributed by atoms with Gasteiger partial charge in [-0.25, -0.2) is 13.1 Å². The molecule has 26 heavy (non-hydrogen) atoms. The van der Waals surface area contributed by atoms with Crippen molar-refractivity contribution in [2.24, 2.45) is 7.05 Å².